The normalized spacial score (nSPS) is 14.9. The van der Waals surface area contributed by atoms with Gasteiger partial charge in [-0.2, -0.15) is 9.13 Å². The van der Waals surface area contributed by atoms with Crippen LogP contribution in [0, 0.1) is 27.7 Å². The lowest BCUT2D eigenvalue weighted by atomic mass is 10.1. The summed E-state index contributed by atoms with van der Waals surface area (Å²) in [5.41, 5.74) is 9.88. The number of nitrogens with zero attached hydrogens (tertiary/aromatic N) is 4. The average Bonchev–Trinajstić information content (AvgIpc) is 3.09. The smallest absolute Gasteiger partial charge is 0.418 e. The second-order valence-electron chi connectivity index (χ2n) is 13.0. The Hall–Kier alpha value is -6.31. The molecule has 0 spiro atoms. The molecular weight excluding hydrogens is 738 g/mol. The molecule has 2 aromatic heterocycles. The van der Waals surface area contributed by atoms with Crippen molar-refractivity contribution >= 4 is 82.6 Å². The summed E-state index contributed by atoms with van der Waals surface area (Å²) < 4.78 is 82.2. The standard InChI is InChI=1S/C40H36N6.2BF4/c1-27-13-28(2)24-45(23-27)35-19-41-37-15-31-9-5-7-11-33(31)17-39(37)43-21-36(46-25-29(3)14-30(4)26-46)22-44-40-18-34-12-8-6-10-32(34)16-38(40)42-20-35;2*2-1(3,4)5/h5-26,41,44H,1-4H3;;/q+2;2*-1/b35-19+,36-22+,42-20?,43-21?;;. The number of rotatable bonds is 2. The number of nitrogens with one attached hydrogen (secondary N) is 2. The second kappa shape index (κ2) is 17.4. The SMILES string of the molecule is Cc1cc(C)c[n+](/C2=C/Nc3cc4ccccc4cc3N=C/C([n+]3cc(C)cc(C)c3)=C\Nc3cc4ccccc4cc3N=C2)c1.F[B-](F)(F)F.F[B-](F)(F)F. The van der Waals surface area contributed by atoms with Gasteiger partial charge in [-0.15, -0.1) is 0 Å². The van der Waals surface area contributed by atoms with Crippen molar-refractivity contribution in [2.45, 2.75) is 27.7 Å². The van der Waals surface area contributed by atoms with Gasteiger partial charge in [0.25, 0.3) is 0 Å². The Balaban J connectivity index is 0.000000536. The largest absolute Gasteiger partial charge is 0.673 e. The minimum Gasteiger partial charge on any atom is -0.418 e. The molecule has 0 aliphatic carbocycles. The highest BCUT2D eigenvalue weighted by atomic mass is 19.5. The first-order chi connectivity index (χ1) is 26.4. The summed E-state index contributed by atoms with van der Waals surface area (Å²) in [5, 5.41) is 11.7. The van der Waals surface area contributed by atoms with Crippen molar-refractivity contribution in [1.29, 1.82) is 0 Å². The van der Waals surface area contributed by atoms with Crippen LogP contribution in [-0.2, 0) is 0 Å². The summed E-state index contributed by atoms with van der Waals surface area (Å²) in [6, 6.07) is 29.6. The zero-order chi connectivity index (χ0) is 40.6. The highest BCUT2D eigenvalue weighted by molar-refractivity contribution is 6.50. The number of aliphatic imine (C=N–C) groups is 2. The monoisotopic (exact) mass is 774 g/mol. The first-order valence-electron chi connectivity index (χ1n) is 17.2. The minimum atomic E-state index is -6.00. The van der Waals surface area contributed by atoms with E-state index in [0.717, 1.165) is 55.7 Å². The molecule has 6 aromatic rings. The topological polar surface area (TPSA) is 56.5 Å². The lowest BCUT2D eigenvalue weighted by molar-refractivity contribution is -0.576. The molecule has 288 valence electrons. The molecular formula is C40H36B2F8N6. The summed E-state index contributed by atoms with van der Waals surface area (Å²) in [6.45, 7) is 8.43. The van der Waals surface area contributed by atoms with Gasteiger partial charge in [0.15, 0.2) is 24.8 Å². The fraction of sp³-hybridized carbons (Fsp3) is 0.100. The van der Waals surface area contributed by atoms with E-state index in [0.29, 0.717) is 0 Å². The van der Waals surface area contributed by atoms with Crippen molar-refractivity contribution in [3.63, 3.8) is 0 Å². The Kier molecular flexibility index (Phi) is 12.7. The molecule has 3 heterocycles. The number of anilines is 2. The van der Waals surface area contributed by atoms with Gasteiger partial charge in [0.05, 0.1) is 35.1 Å². The van der Waals surface area contributed by atoms with Crippen LogP contribution >= 0.6 is 0 Å². The molecule has 6 nitrogen and oxygen atoms in total. The van der Waals surface area contributed by atoms with Crippen LogP contribution in [0.1, 0.15) is 22.3 Å². The van der Waals surface area contributed by atoms with E-state index < -0.39 is 14.5 Å². The molecule has 0 atom stereocenters. The van der Waals surface area contributed by atoms with E-state index in [-0.39, 0.29) is 0 Å². The Bertz CT molecular complexity index is 2270. The lowest BCUT2D eigenvalue weighted by Gasteiger charge is -2.11. The molecule has 16 heteroatoms. The first-order valence-corrected chi connectivity index (χ1v) is 17.2. The van der Waals surface area contributed by atoms with Crippen molar-refractivity contribution in [3.05, 3.63) is 144 Å². The molecule has 2 N–H and O–H groups in total. The molecule has 0 radical (unpaired) electrons. The van der Waals surface area contributed by atoms with E-state index in [1.807, 2.05) is 24.8 Å². The number of benzene rings is 4. The summed E-state index contributed by atoms with van der Waals surface area (Å²) >= 11 is 0. The molecule has 0 bridgehead atoms. The number of aromatic nitrogens is 2. The van der Waals surface area contributed by atoms with E-state index in [2.05, 4.69) is 157 Å². The number of allylic oxidation sites excluding steroid dienone is 2. The number of pyridine rings is 2. The molecule has 0 unspecified atom stereocenters. The first kappa shape index (κ1) is 40.9. The van der Waals surface area contributed by atoms with Crippen molar-refractivity contribution in [2.75, 3.05) is 10.6 Å². The van der Waals surface area contributed by atoms with Crippen molar-refractivity contribution < 1.29 is 43.7 Å². The summed E-state index contributed by atoms with van der Waals surface area (Å²) in [6.07, 6.45) is 16.3. The molecule has 1 aliphatic heterocycles. The van der Waals surface area contributed by atoms with Gasteiger partial charge < -0.3 is 45.2 Å². The van der Waals surface area contributed by atoms with Crippen molar-refractivity contribution in [2.24, 2.45) is 9.98 Å². The summed E-state index contributed by atoms with van der Waals surface area (Å²) in [5.74, 6) is 0. The number of halogens is 8. The van der Waals surface area contributed by atoms with Gasteiger partial charge in [0.1, 0.15) is 12.4 Å². The third-order valence-corrected chi connectivity index (χ3v) is 8.03. The van der Waals surface area contributed by atoms with Crippen LogP contribution in [0.2, 0.25) is 0 Å². The highest BCUT2D eigenvalue weighted by Gasteiger charge is 2.21. The highest BCUT2D eigenvalue weighted by Crippen LogP contribution is 2.33. The third-order valence-electron chi connectivity index (χ3n) is 8.03. The van der Waals surface area contributed by atoms with Gasteiger partial charge in [0.2, 0.25) is 11.4 Å². The van der Waals surface area contributed by atoms with Gasteiger partial charge in [-0.3, -0.25) is 0 Å². The maximum absolute atomic E-state index is 9.75. The molecule has 0 fully saturated rings. The number of aryl methyl sites for hydroxylation is 4. The predicted octanol–water partition coefficient (Wildman–Crippen LogP) is 11.3. The molecule has 0 saturated carbocycles. The van der Waals surface area contributed by atoms with E-state index in [9.17, 15) is 34.5 Å². The molecule has 1 aliphatic rings. The lowest BCUT2D eigenvalue weighted by Crippen LogP contribution is -2.34. The molecule has 0 saturated heterocycles. The van der Waals surface area contributed by atoms with Gasteiger partial charge in [-0.1, -0.05) is 48.5 Å². The van der Waals surface area contributed by atoms with Crippen LogP contribution in [0.4, 0.5) is 57.3 Å². The Labute approximate surface area is 318 Å². The maximum Gasteiger partial charge on any atom is 0.673 e. The number of hydrogen-bond donors (Lipinski definition) is 2. The van der Waals surface area contributed by atoms with Gasteiger partial charge in [-0.05, 0) is 85.6 Å². The second-order valence-corrected chi connectivity index (χ2v) is 13.0. The fourth-order valence-corrected chi connectivity index (χ4v) is 5.95. The maximum atomic E-state index is 9.75. The Morgan fingerprint density at radius 1 is 0.446 bits per heavy atom. The van der Waals surface area contributed by atoms with E-state index in [4.69, 9.17) is 9.98 Å². The zero-order valence-electron chi connectivity index (χ0n) is 30.7. The molecule has 0 amide bonds. The molecule has 56 heavy (non-hydrogen) atoms. The Morgan fingerprint density at radius 2 is 0.732 bits per heavy atom. The number of fused-ring (bicyclic) bond motifs is 4. The van der Waals surface area contributed by atoms with E-state index >= 15 is 0 Å². The number of hydrogen-bond acceptors (Lipinski definition) is 4. The van der Waals surface area contributed by atoms with Crippen molar-refractivity contribution in [3.8, 4) is 0 Å². The van der Waals surface area contributed by atoms with Gasteiger partial charge in [0, 0.05) is 22.3 Å². The van der Waals surface area contributed by atoms with Crippen LogP contribution < -0.4 is 19.8 Å². The van der Waals surface area contributed by atoms with Gasteiger partial charge >= 0.3 is 14.5 Å². The van der Waals surface area contributed by atoms with Crippen LogP contribution in [0.5, 0.6) is 0 Å². The van der Waals surface area contributed by atoms with E-state index in [1.54, 1.807) is 0 Å². The zero-order valence-corrected chi connectivity index (χ0v) is 30.7. The Morgan fingerprint density at radius 3 is 1.04 bits per heavy atom. The summed E-state index contributed by atoms with van der Waals surface area (Å²) in [4.78, 5) is 10.2. The fourth-order valence-electron chi connectivity index (χ4n) is 5.95. The minimum absolute atomic E-state index is 0.830. The quantitative estimate of drug-likeness (QED) is 0.105. The average molecular weight is 774 g/mol. The van der Waals surface area contributed by atoms with Crippen molar-refractivity contribution in [1.82, 2.24) is 0 Å². The van der Waals surface area contributed by atoms with Gasteiger partial charge in [-0.25, -0.2) is 9.98 Å². The molecule has 7 rings (SSSR count). The van der Waals surface area contributed by atoms with Crippen LogP contribution in [0.3, 0.4) is 0 Å². The van der Waals surface area contributed by atoms with Crippen LogP contribution in [0.25, 0.3) is 32.9 Å². The van der Waals surface area contributed by atoms with E-state index in [1.165, 1.54) is 22.3 Å². The summed E-state index contributed by atoms with van der Waals surface area (Å²) in [7, 11) is -12.0. The van der Waals surface area contributed by atoms with Crippen LogP contribution in [0.15, 0.2) is 132 Å². The third kappa shape index (κ3) is 12.4. The molecule has 4 aromatic carbocycles. The predicted molar refractivity (Wildman–Crippen MR) is 213 cm³/mol. The van der Waals surface area contributed by atoms with Crippen LogP contribution in [-0.4, -0.2) is 26.9 Å².